The zero-order valence-electron chi connectivity index (χ0n) is 13.3. The maximum absolute atomic E-state index is 12.1. The van der Waals surface area contributed by atoms with Crippen LogP contribution in [0.3, 0.4) is 0 Å². The summed E-state index contributed by atoms with van der Waals surface area (Å²) in [6.07, 6.45) is 4.07. The van der Waals surface area contributed by atoms with E-state index in [1.807, 2.05) is 39.9 Å². The minimum atomic E-state index is 0.0496. The van der Waals surface area contributed by atoms with Crippen molar-refractivity contribution in [2.75, 3.05) is 33.1 Å². The fourth-order valence-electron chi connectivity index (χ4n) is 2.71. The number of hydrogen-bond acceptors (Lipinski definition) is 4. The molecule has 0 radical (unpaired) electrons. The smallest absolute Gasteiger partial charge is 0.233 e. The lowest BCUT2D eigenvalue weighted by Gasteiger charge is -2.22. The highest BCUT2D eigenvalue weighted by Crippen LogP contribution is 2.39. The van der Waals surface area contributed by atoms with Gasteiger partial charge in [-0.2, -0.15) is 0 Å². The summed E-state index contributed by atoms with van der Waals surface area (Å²) < 4.78 is 12.6. The number of benzene rings is 1. The molecule has 2 heterocycles. The van der Waals surface area contributed by atoms with E-state index in [4.69, 9.17) is 9.47 Å². The van der Waals surface area contributed by atoms with Crippen molar-refractivity contribution >= 4 is 17.7 Å². The Kier molecular flexibility index (Phi) is 4.93. The zero-order chi connectivity index (χ0) is 16.2. The summed E-state index contributed by atoms with van der Waals surface area (Å²) in [5.74, 6) is 1.51. The lowest BCUT2D eigenvalue weighted by atomic mass is 10.3. The number of rotatable bonds is 6. The number of aromatic nitrogens is 1. The molecule has 1 amide bonds. The van der Waals surface area contributed by atoms with Gasteiger partial charge in [0.25, 0.3) is 0 Å². The second-order valence-electron chi connectivity index (χ2n) is 5.27. The average molecular weight is 332 g/mol. The van der Waals surface area contributed by atoms with Crippen LogP contribution < -0.4 is 4.74 Å². The van der Waals surface area contributed by atoms with Crippen molar-refractivity contribution in [2.45, 2.75) is 5.37 Å². The monoisotopic (exact) mass is 332 g/mol. The van der Waals surface area contributed by atoms with E-state index in [1.54, 1.807) is 26.0 Å². The third kappa shape index (κ3) is 3.23. The third-order valence-corrected chi connectivity index (χ3v) is 5.12. The summed E-state index contributed by atoms with van der Waals surface area (Å²) in [6, 6.07) is 9.94. The van der Waals surface area contributed by atoms with Gasteiger partial charge in [0.15, 0.2) is 0 Å². The van der Waals surface area contributed by atoms with E-state index in [0.717, 1.165) is 17.0 Å². The summed E-state index contributed by atoms with van der Waals surface area (Å²) in [5, 5.41) is 0.0496. The van der Waals surface area contributed by atoms with E-state index in [0.29, 0.717) is 18.9 Å². The normalized spacial score (nSPS) is 17.7. The largest absolute Gasteiger partial charge is 0.495 e. The van der Waals surface area contributed by atoms with Gasteiger partial charge in [-0.3, -0.25) is 4.79 Å². The molecule has 0 aliphatic carbocycles. The first-order valence-corrected chi connectivity index (χ1v) is 8.50. The number of nitrogens with zero attached hydrogens (tertiary/aromatic N) is 2. The predicted octanol–water partition coefficient (Wildman–Crippen LogP) is 2.71. The van der Waals surface area contributed by atoms with E-state index in [-0.39, 0.29) is 11.3 Å². The van der Waals surface area contributed by atoms with Gasteiger partial charge in [-0.1, -0.05) is 12.1 Å². The molecule has 1 aliphatic heterocycles. The molecule has 6 heteroatoms. The average Bonchev–Trinajstić information content (AvgIpc) is 3.19. The van der Waals surface area contributed by atoms with Crippen LogP contribution in [0.15, 0.2) is 42.7 Å². The molecule has 1 aliphatic rings. The molecule has 5 nitrogen and oxygen atoms in total. The molecule has 1 unspecified atom stereocenters. The summed E-state index contributed by atoms with van der Waals surface area (Å²) in [6.45, 7) is 1.17. The Balaban J connectivity index is 1.85. The predicted molar refractivity (Wildman–Crippen MR) is 91.1 cm³/mol. The van der Waals surface area contributed by atoms with Crippen LogP contribution in [0.1, 0.15) is 10.9 Å². The molecule has 2 aromatic rings. The van der Waals surface area contributed by atoms with Crippen molar-refractivity contribution in [3.8, 4) is 11.4 Å². The van der Waals surface area contributed by atoms with Crippen LogP contribution in [0, 0.1) is 0 Å². The van der Waals surface area contributed by atoms with Gasteiger partial charge in [0, 0.05) is 31.6 Å². The second-order valence-corrected chi connectivity index (χ2v) is 6.34. The Bertz CT molecular complexity index is 686. The van der Waals surface area contributed by atoms with E-state index in [2.05, 4.69) is 12.3 Å². The molecule has 0 bridgehead atoms. The summed E-state index contributed by atoms with van der Waals surface area (Å²) >= 11 is 1.66. The lowest BCUT2D eigenvalue weighted by molar-refractivity contribution is -0.128. The van der Waals surface area contributed by atoms with E-state index in [9.17, 15) is 4.79 Å². The number of ether oxygens (including phenoxy) is 2. The number of carbonyl (C=O) groups excluding carboxylic acids is 1. The summed E-state index contributed by atoms with van der Waals surface area (Å²) in [5.41, 5.74) is 2.10. The Morgan fingerprint density at radius 1 is 1.26 bits per heavy atom. The highest BCUT2D eigenvalue weighted by atomic mass is 32.2. The van der Waals surface area contributed by atoms with Crippen LogP contribution >= 0.6 is 11.8 Å². The quantitative estimate of drug-likeness (QED) is 0.816. The number of para-hydroxylation sites is 2. The molecule has 23 heavy (non-hydrogen) atoms. The topological polar surface area (TPSA) is 43.7 Å². The second kappa shape index (κ2) is 7.10. The Morgan fingerprint density at radius 3 is 2.87 bits per heavy atom. The van der Waals surface area contributed by atoms with Crippen molar-refractivity contribution < 1.29 is 14.3 Å². The highest BCUT2D eigenvalue weighted by molar-refractivity contribution is 8.00. The molecular formula is C17H20N2O3S. The van der Waals surface area contributed by atoms with Crippen LogP contribution in [0.2, 0.25) is 0 Å². The van der Waals surface area contributed by atoms with Gasteiger partial charge in [0.2, 0.25) is 5.91 Å². The van der Waals surface area contributed by atoms with Crippen molar-refractivity contribution in [1.29, 1.82) is 0 Å². The molecule has 1 atom stereocenters. The standard InChI is InChI=1S/C17H20N2O3S/c1-21-10-9-19-16(20)12-23-17(19)13-7-8-18(11-13)14-5-3-4-6-15(14)22-2/h3-8,11,17H,9-10,12H2,1-2H3. The Hall–Kier alpha value is -1.92. The van der Waals surface area contributed by atoms with Gasteiger partial charge in [0.05, 0.1) is 25.2 Å². The summed E-state index contributed by atoms with van der Waals surface area (Å²) in [7, 11) is 3.32. The lowest BCUT2D eigenvalue weighted by Crippen LogP contribution is -2.31. The Labute approximate surface area is 140 Å². The fourth-order valence-corrected chi connectivity index (χ4v) is 3.91. The van der Waals surface area contributed by atoms with Crippen LogP contribution in [-0.4, -0.2) is 48.5 Å². The first kappa shape index (κ1) is 16.0. The SMILES string of the molecule is COCCN1C(=O)CSC1c1ccn(-c2ccccc2OC)c1. The van der Waals surface area contributed by atoms with Crippen LogP contribution in [0.4, 0.5) is 0 Å². The molecule has 1 saturated heterocycles. The van der Waals surface area contributed by atoms with Gasteiger partial charge < -0.3 is 18.9 Å². The highest BCUT2D eigenvalue weighted by Gasteiger charge is 2.32. The number of hydrogen-bond donors (Lipinski definition) is 0. The Morgan fingerprint density at radius 2 is 2.09 bits per heavy atom. The molecule has 1 aromatic carbocycles. The molecule has 3 rings (SSSR count). The molecule has 1 fully saturated rings. The van der Waals surface area contributed by atoms with Crippen LogP contribution in [0.25, 0.3) is 5.69 Å². The minimum Gasteiger partial charge on any atom is -0.495 e. The molecule has 0 spiro atoms. The molecule has 122 valence electrons. The number of carbonyl (C=O) groups is 1. The maximum Gasteiger partial charge on any atom is 0.233 e. The molecule has 0 saturated carbocycles. The molecule has 1 aromatic heterocycles. The van der Waals surface area contributed by atoms with Crippen LogP contribution in [0.5, 0.6) is 5.75 Å². The number of methoxy groups -OCH3 is 2. The van der Waals surface area contributed by atoms with Gasteiger partial charge in [-0.05, 0) is 18.2 Å². The van der Waals surface area contributed by atoms with Gasteiger partial charge in [0.1, 0.15) is 11.1 Å². The van der Waals surface area contributed by atoms with Crippen molar-refractivity contribution in [1.82, 2.24) is 9.47 Å². The van der Waals surface area contributed by atoms with Crippen molar-refractivity contribution in [3.63, 3.8) is 0 Å². The van der Waals surface area contributed by atoms with Gasteiger partial charge in [-0.25, -0.2) is 0 Å². The van der Waals surface area contributed by atoms with Gasteiger partial charge >= 0.3 is 0 Å². The van der Waals surface area contributed by atoms with Crippen molar-refractivity contribution in [2.24, 2.45) is 0 Å². The third-order valence-electron chi connectivity index (χ3n) is 3.87. The molecular weight excluding hydrogens is 312 g/mol. The minimum absolute atomic E-state index is 0.0496. The molecule has 0 N–H and O–H groups in total. The first-order valence-electron chi connectivity index (χ1n) is 7.46. The van der Waals surface area contributed by atoms with Crippen molar-refractivity contribution in [3.05, 3.63) is 48.3 Å². The van der Waals surface area contributed by atoms with Crippen LogP contribution in [-0.2, 0) is 9.53 Å². The maximum atomic E-state index is 12.1. The van der Waals surface area contributed by atoms with E-state index in [1.165, 1.54) is 0 Å². The number of thioether (sulfide) groups is 1. The first-order chi connectivity index (χ1) is 11.2. The zero-order valence-corrected chi connectivity index (χ0v) is 14.1. The fraction of sp³-hybridized carbons (Fsp3) is 0.353. The van der Waals surface area contributed by atoms with Gasteiger partial charge in [-0.15, -0.1) is 11.8 Å². The van der Waals surface area contributed by atoms with E-state index < -0.39 is 0 Å². The van der Waals surface area contributed by atoms with E-state index >= 15 is 0 Å². The summed E-state index contributed by atoms with van der Waals surface area (Å²) in [4.78, 5) is 13.9. The number of amides is 1.